The fourth-order valence-corrected chi connectivity index (χ4v) is 4.98. The van der Waals surface area contributed by atoms with Crippen LogP contribution < -0.4 is 10.6 Å². The number of nitrogens with zero attached hydrogens (tertiary/aromatic N) is 2. The van der Waals surface area contributed by atoms with E-state index in [1.165, 1.54) is 11.2 Å². The fraction of sp³-hybridized carbons (Fsp3) is 0.562. The summed E-state index contributed by atoms with van der Waals surface area (Å²) in [6, 6.07) is 5.07. The topological polar surface area (TPSA) is 83.7 Å². The second-order valence-corrected chi connectivity index (χ2v) is 8.42. The van der Waals surface area contributed by atoms with E-state index in [1.54, 1.807) is 23.1 Å². The number of nitrogens with two attached hydrogens (primary N) is 1. The van der Waals surface area contributed by atoms with Gasteiger partial charge in [-0.05, 0) is 49.4 Å². The molecule has 2 N–H and O–H groups in total. The quantitative estimate of drug-likeness (QED) is 0.867. The number of anilines is 1. The smallest absolute Gasteiger partial charge is 0.243 e. The average Bonchev–Trinajstić information content (AvgIpc) is 3.13. The zero-order chi connectivity index (χ0) is 16.8. The predicted molar refractivity (Wildman–Crippen MR) is 95.9 cm³/mol. The fourth-order valence-electron chi connectivity index (χ4n) is 3.42. The number of hydrogen-bond donors (Lipinski definition) is 1. The van der Waals surface area contributed by atoms with Crippen LogP contribution in [-0.4, -0.2) is 44.3 Å². The van der Waals surface area contributed by atoms with Gasteiger partial charge in [0.2, 0.25) is 15.9 Å². The normalized spacial score (nSPS) is 22.1. The molecule has 2 heterocycles. The Labute approximate surface area is 149 Å². The van der Waals surface area contributed by atoms with Crippen LogP contribution in [0.3, 0.4) is 0 Å². The molecule has 3 rings (SSSR count). The Hall–Kier alpha value is -1.15. The largest absolute Gasteiger partial charge is 0.328 e. The third-order valence-corrected chi connectivity index (χ3v) is 6.76. The van der Waals surface area contributed by atoms with E-state index in [9.17, 15) is 13.2 Å². The van der Waals surface area contributed by atoms with Gasteiger partial charge in [0, 0.05) is 38.3 Å². The monoisotopic (exact) mass is 373 g/mol. The molecule has 8 heteroatoms. The standard InChI is InChI=1S/C16H23N3O3S.ClH/c1-11(17)14-5-7-18(10-14)23(21,22)15-3-4-16-13(9-15)6-8-19(16)12(2)20;/h3-4,9,11,14H,5-8,10,17H2,1-2H3;1H. The molecule has 2 aliphatic heterocycles. The summed E-state index contributed by atoms with van der Waals surface area (Å²) in [5.41, 5.74) is 7.65. The third-order valence-electron chi connectivity index (χ3n) is 4.90. The molecule has 1 saturated heterocycles. The van der Waals surface area contributed by atoms with Gasteiger partial charge in [-0.15, -0.1) is 12.4 Å². The van der Waals surface area contributed by atoms with Gasteiger partial charge in [-0.1, -0.05) is 0 Å². The van der Waals surface area contributed by atoms with Crippen LogP contribution in [0.15, 0.2) is 23.1 Å². The molecule has 1 amide bonds. The highest BCUT2D eigenvalue weighted by molar-refractivity contribution is 7.89. The van der Waals surface area contributed by atoms with Crippen molar-refractivity contribution in [3.63, 3.8) is 0 Å². The molecule has 0 bridgehead atoms. The zero-order valence-electron chi connectivity index (χ0n) is 13.9. The molecule has 1 aromatic rings. The highest BCUT2D eigenvalue weighted by Gasteiger charge is 2.34. The first kappa shape index (κ1) is 19.2. The van der Waals surface area contributed by atoms with E-state index in [2.05, 4.69) is 0 Å². The SMILES string of the molecule is CC(=O)N1CCc2cc(S(=O)(=O)N3CCC(C(C)N)C3)ccc21.Cl. The summed E-state index contributed by atoms with van der Waals surface area (Å²) in [5.74, 6) is 0.200. The minimum absolute atomic E-state index is 0. The number of rotatable bonds is 3. The summed E-state index contributed by atoms with van der Waals surface area (Å²) >= 11 is 0. The molecule has 2 aliphatic rings. The number of halogens is 1. The Kier molecular flexibility index (Phi) is 5.59. The number of carbonyl (C=O) groups is 1. The van der Waals surface area contributed by atoms with Crippen LogP contribution in [0.5, 0.6) is 0 Å². The second kappa shape index (κ2) is 7.00. The Balaban J connectivity index is 0.00000208. The molecule has 2 atom stereocenters. The molecule has 24 heavy (non-hydrogen) atoms. The lowest BCUT2D eigenvalue weighted by Gasteiger charge is -2.19. The lowest BCUT2D eigenvalue weighted by molar-refractivity contribution is -0.116. The van der Waals surface area contributed by atoms with Crippen molar-refractivity contribution in [1.82, 2.24) is 4.31 Å². The number of amides is 1. The second-order valence-electron chi connectivity index (χ2n) is 6.48. The molecule has 2 unspecified atom stereocenters. The van der Waals surface area contributed by atoms with E-state index < -0.39 is 10.0 Å². The lowest BCUT2D eigenvalue weighted by atomic mass is 10.0. The van der Waals surface area contributed by atoms with E-state index >= 15 is 0 Å². The van der Waals surface area contributed by atoms with Gasteiger partial charge in [0.15, 0.2) is 0 Å². The minimum atomic E-state index is -3.49. The van der Waals surface area contributed by atoms with Crippen LogP contribution >= 0.6 is 12.4 Å². The lowest BCUT2D eigenvalue weighted by Crippen LogP contribution is -2.33. The molecule has 0 saturated carbocycles. The van der Waals surface area contributed by atoms with Crippen LogP contribution in [0.25, 0.3) is 0 Å². The zero-order valence-corrected chi connectivity index (χ0v) is 15.6. The first-order valence-corrected chi connectivity index (χ1v) is 9.41. The summed E-state index contributed by atoms with van der Waals surface area (Å²) in [7, 11) is -3.49. The molecule has 6 nitrogen and oxygen atoms in total. The maximum absolute atomic E-state index is 12.8. The first-order valence-electron chi connectivity index (χ1n) is 7.97. The number of sulfonamides is 1. The molecule has 0 aromatic heterocycles. The molecule has 134 valence electrons. The maximum atomic E-state index is 12.8. The molecule has 0 spiro atoms. The van der Waals surface area contributed by atoms with Gasteiger partial charge in [-0.25, -0.2) is 8.42 Å². The third kappa shape index (κ3) is 3.31. The Bertz CT molecular complexity index is 736. The van der Waals surface area contributed by atoms with Crippen molar-refractivity contribution in [2.24, 2.45) is 11.7 Å². The molecular weight excluding hydrogens is 350 g/mol. The average molecular weight is 374 g/mol. The van der Waals surface area contributed by atoms with Crippen molar-refractivity contribution in [2.45, 2.75) is 37.6 Å². The van der Waals surface area contributed by atoms with E-state index in [0.29, 0.717) is 31.0 Å². The summed E-state index contributed by atoms with van der Waals surface area (Å²) in [4.78, 5) is 13.6. The molecule has 0 aliphatic carbocycles. The van der Waals surface area contributed by atoms with Gasteiger partial charge in [-0.2, -0.15) is 4.31 Å². The first-order chi connectivity index (χ1) is 10.8. The van der Waals surface area contributed by atoms with Crippen molar-refractivity contribution in [2.75, 3.05) is 24.5 Å². The van der Waals surface area contributed by atoms with Gasteiger partial charge in [0.05, 0.1) is 4.90 Å². The summed E-state index contributed by atoms with van der Waals surface area (Å²) in [6.45, 7) is 5.07. The number of fused-ring (bicyclic) bond motifs is 1. The summed E-state index contributed by atoms with van der Waals surface area (Å²) in [6.07, 6.45) is 1.50. The number of carbonyl (C=O) groups excluding carboxylic acids is 1. The molecule has 1 aromatic carbocycles. The van der Waals surface area contributed by atoms with E-state index in [-0.39, 0.29) is 30.3 Å². The number of hydrogen-bond acceptors (Lipinski definition) is 4. The van der Waals surface area contributed by atoms with Crippen molar-refractivity contribution in [3.05, 3.63) is 23.8 Å². The Morgan fingerprint density at radius 1 is 1.33 bits per heavy atom. The van der Waals surface area contributed by atoms with Crippen molar-refractivity contribution < 1.29 is 13.2 Å². The minimum Gasteiger partial charge on any atom is -0.328 e. The van der Waals surface area contributed by atoms with Gasteiger partial charge in [-0.3, -0.25) is 4.79 Å². The Morgan fingerprint density at radius 3 is 2.62 bits per heavy atom. The van der Waals surface area contributed by atoms with Crippen LogP contribution in [0, 0.1) is 5.92 Å². The van der Waals surface area contributed by atoms with Gasteiger partial charge >= 0.3 is 0 Å². The maximum Gasteiger partial charge on any atom is 0.243 e. The van der Waals surface area contributed by atoms with Crippen molar-refractivity contribution >= 4 is 34.0 Å². The van der Waals surface area contributed by atoms with E-state index in [1.807, 2.05) is 6.92 Å². The van der Waals surface area contributed by atoms with Crippen molar-refractivity contribution in [3.8, 4) is 0 Å². The van der Waals surface area contributed by atoms with Gasteiger partial charge in [0.25, 0.3) is 0 Å². The summed E-state index contributed by atoms with van der Waals surface area (Å²) < 4.78 is 27.2. The molecule has 0 radical (unpaired) electrons. The molecule has 1 fully saturated rings. The van der Waals surface area contributed by atoms with Gasteiger partial charge < -0.3 is 10.6 Å². The van der Waals surface area contributed by atoms with E-state index in [4.69, 9.17) is 5.73 Å². The van der Waals surface area contributed by atoms with Crippen LogP contribution in [0.1, 0.15) is 25.8 Å². The van der Waals surface area contributed by atoms with Crippen molar-refractivity contribution in [1.29, 1.82) is 0 Å². The van der Waals surface area contributed by atoms with E-state index in [0.717, 1.165) is 17.7 Å². The highest BCUT2D eigenvalue weighted by atomic mass is 35.5. The molecular formula is C16H24ClN3O3S. The van der Waals surface area contributed by atoms with Crippen LogP contribution in [0.2, 0.25) is 0 Å². The highest BCUT2D eigenvalue weighted by Crippen LogP contribution is 2.32. The predicted octanol–water partition coefficient (Wildman–Crippen LogP) is 1.38. The summed E-state index contributed by atoms with van der Waals surface area (Å²) in [5, 5.41) is 0. The van der Waals surface area contributed by atoms with Crippen LogP contribution in [-0.2, 0) is 21.2 Å². The Morgan fingerprint density at radius 2 is 2.04 bits per heavy atom. The van der Waals surface area contributed by atoms with Gasteiger partial charge in [0.1, 0.15) is 0 Å². The number of benzene rings is 1. The van der Waals surface area contributed by atoms with Crippen LogP contribution in [0.4, 0.5) is 5.69 Å².